The summed E-state index contributed by atoms with van der Waals surface area (Å²) in [6, 6.07) is 7.79. The number of hydrogen-bond acceptors (Lipinski definition) is 4. The van der Waals surface area contributed by atoms with E-state index in [2.05, 4.69) is 36.4 Å². The number of halogens is 1. The first-order chi connectivity index (χ1) is 9.83. The molecular formula is C14H17BrN4OS. The van der Waals surface area contributed by atoms with Crippen LogP contribution < -0.4 is 5.32 Å². The van der Waals surface area contributed by atoms with Crippen molar-refractivity contribution in [3.05, 3.63) is 28.7 Å². The molecule has 5 nitrogen and oxygen atoms in total. The fourth-order valence-corrected chi connectivity index (χ4v) is 2.49. The number of aromatic nitrogens is 3. The molecule has 0 spiro atoms. The van der Waals surface area contributed by atoms with Gasteiger partial charge in [-0.3, -0.25) is 9.89 Å². The van der Waals surface area contributed by atoms with E-state index < -0.39 is 0 Å². The normalized spacial score (nSPS) is 11.4. The molecule has 0 unspecified atom stereocenters. The Labute approximate surface area is 136 Å². The van der Waals surface area contributed by atoms with Crippen LogP contribution in [-0.2, 0) is 4.79 Å². The summed E-state index contributed by atoms with van der Waals surface area (Å²) in [5.74, 6) is 0.971. The quantitative estimate of drug-likeness (QED) is 0.812. The van der Waals surface area contributed by atoms with Crippen LogP contribution in [0.25, 0.3) is 11.4 Å². The highest BCUT2D eigenvalue weighted by atomic mass is 79.9. The van der Waals surface area contributed by atoms with Crippen LogP contribution in [0.1, 0.15) is 20.8 Å². The van der Waals surface area contributed by atoms with E-state index in [1.807, 2.05) is 45.0 Å². The van der Waals surface area contributed by atoms with Crippen molar-refractivity contribution in [3.8, 4) is 11.4 Å². The van der Waals surface area contributed by atoms with Crippen LogP contribution in [0, 0.1) is 0 Å². The van der Waals surface area contributed by atoms with Crippen molar-refractivity contribution in [2.24, 2.45) is 0 Å². The van der Waals surface area contributed by atoms with E-state index in [4.69, 9.17) is 0 Å². The molecule has 0 fully saturated rings. The van der Waals surface area contributed by atoms with Gasteiger partial charge in [0.1, 0.15) is 0 Å². The largest absolute Gasteiger partial charge is 0.351 e. The van der Waals surface area contributed by atoms with Crippen LogP contribution in [0.5, 0.6) is 0 Å². The summed E-state index contributed by atoms with van der Waals surface area (Å²) < 4.78 is 1.01. The molecule has 112 valence electrons. The van der Waals surface area contributed by atoms with Crippen LogP contribution >= 0.6 is 27.7 Å². The van der Waals surface area contributed by atoms with E-state index in [0.717, 1.165) is 10.0 Å². The number of aromatic amines is 1. The van der Waals surface area contributed by atoms with Gasteiger partial charge in [-0.15, -0.1) is 5.10 Å². The van der Waals surface area contributed by atoms with E-state index in [1.54, 1.807) is 0 Å². The molecule has 1 amide bonds. The van der Waals surface area contributed by atoms with Gasteiger partial charge < -0.3 is 5.32 Å². The first-order valence-corrected chi connectivity index (χ1v) is 8.23. The van der Waals surface area contributed by atoms with Crippen molar-refractivity contribution in [1.29, 1.82) is 0 Å². The maximum atomic E-state index is 11.7. The predicted molar refractivity (Wildman–Crippen MR) is 88.1 cm³/mol. The molecule has 0 bridgehead atoms. The number of nitrogens with zero attached hydrogens (tertiary/aromatic N) is 2. The van der Waals surface area contributed by atoms with Gasteiger partial charge in [0.2, 0.25) is 11.1 Å². The third kappa shape index (κ3) is 5.17. The number of amides is 1. The lowest BCUT2D eigenvalue weighted by molar-refractivity contribution is -0.119. The minimum atomic E-state index is -0.223. The molecule has 0 radical (unpaired) electrons. The Bertz CT molecular complexity index is 619. The van der Waals surface area contributed by atoms with E-state index in [0.29, 0.717) is 16.7 Å². The standard InChI is InChI=1S/C14H17BrN4OS/c1-14(2,3)17-11(20)8-21-13-16-12(18-19-13)9-4-6-10(15)7-5-9/h4-7H,8H2,1-3H3,(H,17,20)(H,16,18,19). The highest BCUT2D eigenvalue weighted by Crippen LogP contribution is 2.21. The molecule has 1 aromatic heterocycles. The second kappa shape index (κ2) is 6.62. The fourth-order valence-electron chi connectivity index (χ4n) is 1.63. The highest BCUT2D eigenvalue weighted by molar-refractivity contribution is 9.10. The minimum Gasteiger partial charge on any atom is -0.351 e. The molecule has 7 heteroatoms. The van der Waals surface area contributed by atoms with Crippen molar-refractivity contribution in [1.82, 2.24) is 20.5 Å². The summed E-state index contributed by atoms with van der Waals surface area (Å²) >= 11 is 4.71. The fraction of sp³-hybridized carbons (Fsp3) is 0.357. The summed E-state index contributed by atoms with van der Waals surface area (Å²) in [7, 11) is 0. The van der Waals surface area contributed by atoms with Gasteiger partial charge in [-0.25, -0.2) is 4.98 Å². The van der Waals surface area contributed by atoms with Crippen molar-refractivity contribution in [2.45, 2.75) is 31.5 Å². The van der Waals surface area contributed by atoms with Gasteiger partial charge in [0, 0.05) is 15.6 Å². The minimum absolute atomic E-state index is 0.0255. The van der Waals surface area contributed by atoms with Gasteiger partial charge in [0.05, 0.1) is 5.75 Å². The molecule has 0 aliphatic carbocycles. The van der Waals surface area contributed by atoms with Crippen molar-refractivity contribution < 1.29 is 4.79 Å². The average molecular weight is 369 g/mol. The van der Waals surface area contributed by atoms with Crippen molar-refractivity contribution in [3.63, 3.8) is 0 Å². The third-order valence-corrected chi connectivity index (χ3v) is 3.81. The Morgan fingerprint density at radius 3 is 2.62 bits per heavy atom. The molecule has 2 rings (SSSR count). The van der Waals surface area contributed by atoms with Crippen LogP contribution in [0.2, 0.25) is 0 Å². The number of rotatable bonds is 4. The van der Waals surface area contributed by atoms with Crippen molar-refractivity contribution >= 4 is 33.6 Å². The Morgan fingerprint density at radius 2 is 2.00 bits per heavy atom. The van der Waals surface area contributed by atoms with Gasteiger partial charge in [-0.1, -0.05) is 39.8 Å². The van der Waals surface area contributed by atoms with Gasteiger partial charge >= 0.3 is 0 Å². The third-order valence-electron chi connectivity index (χ3n) is 2.43. The number of thioether (sulfide) groups is 1. The zero-order valence-corrected chi connectivity index (χ0v) is 14.5. The van der Waals surface area contributed by atoms with Gasteiger partial charge in [-0.2, -0.15) is 0 Å². The van der Waals surface area contributed by atoms with Crippen molar-refractivity contribution in [2.75, 3.05) is 5.75 Å². The smallest absolute Gasteiger partial charge is 0.230 e. The number of carbonyl (C=O) groups is 1. The molecule has 2 aromatic rings. The van der Waals surface area contributed by atoms with Crippen LogP contribution in [-0.4, -0.2) is 32.4 Å². The zero-order valence-electron chi connectivity index (χ0n) is 12.1. The Morgan fingerprint density at radius 1 is 1.33 bits per heavy atom. The molecule has 0 aliphatic heterocycles. The van der Waals surface area contributed by atoms with E-state index in [-0.39, 0.29) is 11.4 Å². The monoisotopic (exact) mass is 368 g/mol. The van der Waals surface area contributed by atoms with Gasteiger partial charge in [0.25, 0.3) is 0 Å². The summed E-state index contributed by atoms with van der Waals surface area (Å²) in [6.45, 7) is 5.86. The molecular weight excluding hydrogens is 352 g/mol. The van der Waals surface area contributed by atoms with E-state index >= 15 is 0 Å². The number of H-pyrrole nitrogens is 1. The van der Waals surface area contributed by atoms with E-state index in [1.165, 1.54) is 11.8 Å². The average Bonchev–Trinajstić information content (AvgIpc) is 2.84. The van der Waals surface area contributed by atoms with Gasteiger partial charge in [0.15, 0.2) is 5.82 Å². The molecule has 0 saturated carbocycles. The number of nitrogens with one attached hydrogen (secondary N) is 2. The molecule has 1 heterocycles. The molecule has 21 heavy (non-hydrogen) atoms. The summed E-state index contributed by atoms with van der Waals surface area (Å²) in [4.78, 5) is 16.1. The SMILES string of the molecule is CC(C)(C)NC(=O)CSc1n[nH]c(-c2ccc(Br)cc2)n1. The molecule has 0 saturated heterocycles. The van der Waals surface area contributed by atoms with Gasteiger partial charge in [-0.05, 0) is 32.9 Å². The highest BCUT2D eigenvalue weighted by Gasteiger charge is 2.15. The predicted octanol–water partition coefficient (Wildman–Crippen LogP) is 3.24. The summed E-state index contributed by atoms with van der Waals surface area (Å²) in [5.41, 5.74) is 0.732. The molecule has 1 aromatic carbocycles. The Balaban J connectivity index is 1.94. The second-order valence-corrected chi connectivity index (χ2v) is 7.42. The first kappa shape index (κ1) is 16.0. The molecule has 0 aliphatic rings. The Hall–Kier alpha value is -1.34. The lowest BCUT2D eigenvalue weighted by atomic mass is 10.1. The van der Waals surface area contributed by atoms with Crippen LogP contribution in [0.3, 0.4) is 0 Å². The molecule has 0 atom stereocenters. The van der Waals surface area contributed by atoms with Crippen LogP contribution in [0.4, 0.5) is 0 Å². The lowest BCUT2D eigenvalue weighted by Gasteiger charge is -2.19. The topological polar surface area (TPSA) is 70.7 Å². The zero-order chi connectivity index (χ0) is 15.5. The van der Waals surface area contributed by atoms with Crippen LogP contribution in [0.15, 0.2) is 33.9 Å². The van der Waals surface area contributed by atoms with E-state index in [9.17, 15) is 4.79 Å². The maximum absolute atomic E-state index is 11.7. The first-order valence-electron chi connectivity index (χ1n) is 6.46. The Kier molecular flexibility index (Phi) is 5.05. The maximum Gasteiger partial charge on any atom is 0.230 e. The number of hydrogen-bond donors (Lipinski definition) is 2. The number of carbonyl (C=O) groups excluding carboxylic acids is 1. The molecule has 2 N–H and O–H groups in total. The number of benzene rings is 1. The summed E-state index contributed by atoms with van der Waals surface area (Å²) in [5, 5.41) is 10.5. The lowest BCUT2D eigenvalue weighted by Crippen LogP contribution is -2.41. The second-order valence-electron chi connectivity index (χ2n) is 5.56. The summed E-state index contributed by atoms with van der Waals surface area (Å²) in [6.07, 6.45) is 0.